The summed E-state index contributed by atoms with van der Waals surface area (Å²) in [5, 5.41) is 0. The molecule has 0 saturated carbocycles. The van der Waals surface area contributed by atoms with E-state index in [1.165, 1.54) is 0 Å². The van der Waals surface area contributed by atoms with Crippen LogP contribution in [0.4, 0.5) is 0 Å². The summed E-state index contributed by atoms with van der Waals surface area (Å²) in [5.74, 6) is -0.983. The average Bonchev–Trinajstić information content (AvgIpc) is 2.39. The highest BCUT2D eigenvalue weighted by molar-refractivity contribution is 5.86. The number of carbonyl (C=O) groups excluding carboxylic acids is 2. The third-order valence-electron chi connectivity index (χ3n) is 2.93. The molecule has 1 aliphatic heterocycles. The normalized spacial score (nSPS) is 19.3. The lowest BCUT2D eigenvalue weighted by Gasteiger charge is -2.23. The molecule has 1 heterocycles. The Labute approximate surface area is 106 Å². The van der Waals surface area contributed by atoms with Crippen molar-refractivity contribution in [2.75, 3.05) is 6.61 Å². The molecule has 0 N–H and O–H groups in total. The first-order valence-electron chi connectivity index (χ1n) is 6.16. The third kappa shape index (κ3) is 2.70. The largest absolute Gasteiger partial charge is 0.451 e. The van der Waals surface area contributed by atoms with E-state index in [1.54, 1.807) is 0 Å². The molecule has 0 radical (unpaired) electrons. The Bertz CT molecular complexity index is 453. The van der Waals surface area contributed by atoms with Crippen molar-refractivity contribution in [3.8, 4) is 0 Å². The average molecular weight is 248 g/mol. The standard InChI is InChI=1S/C14H16O4/c1-2-3-6-10-7-4-5-8-11(10)13-14(16)17-9-12(15)18-13/h4-5,7-8,13H,2-3,6,9H2,1H3. The van der Waals surface area contributed by atoms with Gasteiger partial charge in [0.25, 0.3) is 0 Å². The van der Waals surface area contributed by atoms with Crippen LogP contribution in [0.1, 0.15) is 37.0 Å². The number of aryl methyl sites for hydroxylation is 1. The van der Waals surface area contributed by atoms with Gasteiger partial charge in [0.05, 0.1) is 0 Å². The summed E-state index contributed by atoms with van der Waals surface area (Å²) >= 11 is 0. The molecule has 0 spiro atoms. The monoisotopic (exact) mass is 248 g/mol. The second-order valence-electron chi connectivity index (χ2n) is 4.28. The van der Waals surface area contributed by atoms with Crippen molar-refractivity contribution in [2.45, 2.75) is 32.3 Å². The molecule has 4 heteroatoms. The van der Waals surface area contributed by atoms with Crippen molar-refractivity contribution in [2.24, 2.45) is 0 Å². The van der Waals surface area contributed by atoms with Crippen LogP contribution in [-0.4, -0.2) is 18.5 Å². The zero-order valence-electron chi connectivity index (χ0n) is 10.3. The highest BCUT2D eigenvalue weighted by Gasteiger charge is 2.33. The van der Waals surface area contributed by atoms with Gasteiger partial charge in [-0.3, -0.25) is 0 Å². The van der Waals surface area contributed by atoms with E-state index in [0.717, 1.165) is 30.4 Å². The van der Waals surface area contributed by atoms with Crippen LogP contribution < -0.4 is 0 Å². The number of rotatable bonds is 4. The predicted molar refractivity (Wildman–Crippen MR) is 64.8 cm³/mol. The van der Waals surface area contributed by atoms with Crippen LogP contribution in [0.5, 0.6) is 0 Å². The lowest BCUT2D eigenvalue weighted by Crippen LogP contribution is -2.32. The summed E-state index contributed by atoms with van der Waals surface area (Å²) in [6, 6.07) is 7.53. The zero-order chi connectivity index (χ0) is 13.0. The molecule has 1 aliphatic rings. The van der Waals surface area contributed by atoms with Crippen molar-refractivity contribution >= 4 is 11.9 Å². The minimum absolute atomic E-state index is 0.285. The Morgan fingerprint density at radius 3 is 2.83 bits per heavy atom. The van der Waals surface area contributed by atoms with Gasteiger partial charge in [0.15, 0.2) is 6.61 Å². The van der Waals surface area contributed by atoms with E-state index in [4.69, 9.17) is 9.47 Å². The van der Waals surface area contributed by atoms with E-state index >= 15 is 0 Å². The van der Waals surface area contributed by atoms with Crippen molar-refractivity contribution in [3.05, 3.63) is 35.4 Å². The van der Waals surface area contributed by atoms with E-state index in [0.29, 0.717) is 0 Å². The van der Waals surface area contributed by atoms with Crippen molar-refractivity contribution in [1.29, 1.82) is 0 Å². The molecule has 0 aromatic heterocycles. The Morgan fingerprint density at radius 1 is 1.28 bits per heavy atom. The number of hydrogen-bond acceptors (Lipinski definition) is 4. The molecular formula is C14H16O4. The summed E-state index contributed by atoms with van der Waals surface area (Å²) in [5.41, 5.74) is 1.78. The molecule has 18 heavy (non-hydrogen) atoms. The maximum atomic E-state index is 11.7. The first-order valence-corrected chi connectivity index (χ1v) is 6.16. The molecule has 1 aromatic carbocycles. The van der Waals surface area contributed by atoms with Crippen LogP contribution in [0.15, 0.2) is 24.3 Å². The van der Waals surface area contributed by atoms with Gasteiger partial charge in [-0.2, -0.15) is 0 Å². The summed E-state index contributed by atoms with van der Waals surface area (Å²) in [7, 11) is 0. The Balaban J connectivity index is 2.25. The van der Waals surface area contributed by atoms with E-state index in [1.807, 2.05) is 24.3 Å². The van der Waals surface area contributed by atoms with Gasteiger partial charge in [0, 0.05) is 5.56 Å². The second kappa shape index (κ2) is 5.67. The predicted octanol–water partition coefficient (Wildman–Crippen LogP) is 2.17. The smallest absolute Gasteiger partial charge is 0.352 e. The van der Waals surface area contributed by atoms with Gasteiger partial charge in [-0.25, -0.2) is 9.59 Å². The van der Waals surface area contributed by atoms with E-state index in [2.05, 4.69) is 6.92 Å². The molecule has 1 aromatic rings. The SMILES string of the molecule is CCCCc1ccccc1C1OC(=O)COC1=O. The molecule has 2 rings (SSSR count). The maximum Gasteiger partial charge on any atom is 0.352 e. The number of ether oxygens (including phenoxy) is 2. The van der Waals surface area contributed by atoms with Crippen LogP contribution in [0.2, 0.25) is 0 Å². The molecular weight excluding hydrogens is 232 g/mol. The van der Waals surface area contributed by atoms with Crippen molar-refractivity contribution in [1.82, 2.24) is 0 Å². The summed E-state index contributed by atoms with van der Waals surface area (Å²) in [6.07, 6.45) is 2.07. The number of cyclic esters (lactones) is 2. The van der Waals surface area contributed by atoms with Crippen molar-refractivity contribution in [3.63, 3.8) is 0 Å². The zero-order valence-corrected chi connectivity index (χ0v) is 10.3. The quantitative estimate of drug-likeness (QED) is 0.766. The van der Waals surface area contributed by atoms with Crippen LogP contribution in [0.3, 0.4) is 0 Å². The fourth-order valence-electron chi connectivity index (χ4n) is 1.99. The fourth-order valence-corrected chi connectivity index (χ4v) is 1.99. The summed E-state index contributed by atoms with van der Waals surface area (Å²) in [4.78, 5) is 22.9. The fraction of sp³-hybridized carbons (Fsp3) is 0.429. The second-order valence-corrected chi connectivity index (χ2v) is 4.28. The Hall–Kier alpha value is -1.84. The lowest BCUT2D eigenvalue weighted by molar-refractivity contribution is -0.185. The number of benzene rings is 1. The lowest BCUT2D eigenvalue weighted by atomic mass is 9.98. The van der Waals surface area contributed by atoms with Crippen LogP contribution in [0, 0.1) is 0 Å². The minimum Gasteiger partial charge on any atom is -0.451 e. The van der Waals surface area contributed by atoms with Gasteiger partial charge in [0.1, 0.15) is 0 Å². The molecule has 0 bridgehead atoms. The number of unbranched alkanes of at least 4 members (excludes halogenated alkanes) is 1. The maximum absolute atomic E-state index is 11.7. The molecule has 4 nitrogen and oxygen atoms in total. The summed E-state index contributed by atoms with van der Waals surface area (Å²) in [6.45, 7) is 1.82. The van der Waals surface area contributed by atoms with Crippen LogP contribution >= 0.6 is 0 Å². The molecule has 1 atom stereocenters. The van der Waals surface area contributed by atoms with E-state index in [-0.39, 0.29) is 6.61 Å². The van der Waals surface area contributed by atoms with Gasteiger partial charge in [-0.1, -0.05) is 37.6 Å². The molecule has 96 valence electrons. The molecule has 1 unspecified atom stereocenters. The highest BCUT2D eigenvalue weighted by Crippen LogP contribution is 2.26. The Kier molecular flexibility index (Phi) is 3.97. The van der Waals surface area contributed by atoms with Gasteiger partial charge >= 0.3 is 11.9 Å². The molecule has 0 aliphatic carbocycles. The van der Waals surface area contributed by atoms with Gasteiger partial charge in [-0.15, -0.1) is 0 Å². The minimum atomic E-state index is -0.903. The Morgan fingerprint density at radius 2 is 2.06 bits per heavy atom. The number of carbonyl (C=O) groups is 2. The third-order valence-corrected chi connectivity index (χ3v) is 2.93. The van der Waals surface area contributed by atoms with Crippen molar-refractivity contribution < 1.29 is 19.1 Å². The molecule has 0 amide bonds. The number of hydrogen-bond donors (Lipinski definition) is 0. The molecule has 1 saturated heterocycles. The van der Waals surface area contributed by atoms with Crippen LogP contribution in [0.25, 0.3) is 0 Å². The van der Waals surface area contributed by atoms with Gasteiger partial charge in [-0.05, 0) is 18.4 Å². The topological polar surface area (TPSA) is 52.6 Å². The first kappa shape index (κ1) is 12.6. The van der Waals surface area contributed by atoms with E-state index in [9.17, 15) is 9.59 Å². The molecule has 1 fully saturated rings. The van der Waals surface area contributed by atoms with Crippen LogP contribution in [-0.2, 0) is 25.5 Å². The first-order chi connectivity index (χ1) is 8.72. The van der Waals surface area contributed by atoms with E-state index < -0.39 is 18.0 Å². The van der Waals surface area contributed by atoms with Gasteiger partial charge < -0.3 is 9.47 Å². The number of esters is 2. The van der Waals surface area contributed by atoms with Gasteiger partial charge in [0.2, 0.25) is 6.10 Å². The summed E-state index contributed by atoms with van der Waals surface area (Å²) < 4.78 is 9.89. The highest BCUT2D eigenvalue weighted by atomic mass is 16.6.